The Bertz CT molecular complexity index is 568. The van der Waals surface area contributed by atoms with Crippen LogP contribution >= 0.6 is 0 Å². The lowest BCUT2D eigenvalue weighted by molar-refractivity contribution is 0.578. The lowest BCUT2D eigenvalue weighted by Gasteiger charge is -2.05. The molecule has 0 saturated carbocycles. The summed E-state index contributed by atoms with van der Waals surface area (Å²) in [7, 11) is -7.13. The fourth-order valence-electron chi connectivity index (χ4n) is 1.09. The molecular weight excluding hydrogens is 264 g/mol. The standard InChI is InChI=1S/C9H14N2O4S2/c1-4-16(12,13)8-6-7(3)10-9(11-8)17(14,15)5-2/h6H,4-5H2,1-3H3. The summed E-state index contributed by atoms with van der Waals surface area (Å²) < 4.78 is 46.5. The summed E-state index contributed by atoms with van der Waals surface area (Å²) in [6.07, 6.45) is 0. The van der Waals surface area contributed by atoms with E-state index >= 15 is 0 Å². The van der Waals surface area contributed by atoms with E-state index in [4.69, 9.17) is 0 Å². The van der Waals surface area contributed by atoms with Crippen LogP contribution in [0.25, 0.3) is 0 Å². The van der Waals surface area contributed by atoms with E-state index in [2.05, 4.69) is 9.97 Å². The molecule has 0 aliphatic rings. The highest BCUT2D eigenvalue weighted by molar-refractivity contribution is 7.91. The topological polar surface area (TPSA) is 94.1 Å². The Labute approximate surface area is 101 Å². The van der Waals surface area contributed by atoms with E-state index in [-0.39, 0.29) is 16.5 Å². The highest BCUT2D eigenvalue weighted by Crippen LogP contribution is 2.13. The van der Waals surface area contributed by atoms with E-state index in [0.717, 1.165) is 0 Å². The van der Waals surface area contributed by atoms with Crippen molar-refractivity contribution in [1.82, 2.24) is 9.97 Å². The maximum atomic E-state index is 11.6. The number of hydrogen-bond acceptors (Lipinski definition) is 6. The zero-order valence-corrected chi connectivity index (χ0v) is 11.5. The molecule has 0 unspecified atom stereocenters. The van der Waals surface area contributed by atoms with Gasteiger partial charge in [0.2, 0.25) is 15.0 Å². The summed E-state index contributed by atoms with van der Waals surface area (Å²) >= 11 is 0. The minimum Gasteiger partial charge on any atom is -0.224 e. The molecular formula is C9H14N2O4S2. The Balaban J connectivity index is 3.51. The van der Waals surface area contributed by atoms with Gasteiger partial charge in [-0.1, -0.05) is 13.8 Å². The molecule has 96 valence electrons. The van der Waals surface area contributed by atoms with Crippen molar-refractivity contribution in [2.75, 3.05) is 11.5 Å². The van der Waals surface area contributed by atoms with Crippen molar-refractivity contribution in [3.8, 4) is 0 Å². The van der Waals surface area contributed by atoms with Crippen LogP contribution < -0.4 is 0 Å². The first-order valence-corrected chi connectivity index (χ1v) is 8.34. The zero-order valence-electron chi connectivity index (χ0n) is 9.84. The van der Waals surface area contributed by atoms with E-state index in [1.807, 2.05) is 0 Å². The Kier molecular flexibility index (Phi) is 3.88. The number of nitrogens with zero attached hydrogens (tertiary/aromatic N) is 2. The lowest BCUT2D eigenvalue weighted by Crippen LogP contribution is -2.14. The fraction of sp³-hybridized carbons (Fsp3) is 0.556. The molecule has 0 fully saturated rings. The molecule has 8 heteroatoms. The largest absolute Gasteiger partial charge is 0.248 e. The second-order valence-corrected chi connectivity index (χ2v) is 7.83. The first-order valence-electron chi connectivity index (χ1n) is 5.04. The summed E-state index contributed by atoms with van der Waals surface area (Å²) in [5.74, 6) is -0.295. The molecule has 0 aliphatic carbocycles. The molecule has 0 atom stereocenters. The van der Waals surface area contributed by atoms with Gasteiger partial charge in [-0.3, -0.25) is 0 Å². The van der Waals surface area contributed by atoms with Crippen molar-refractivity contribution in [3.05, 3.63) is 11.8 Å². The van der Waals surface area contributed by atoms with Crippen molar-refractivity contribution >= 4 is 19.7 Å². The molecule has 1 aromatic rings. The van der Waals surface area contributed by atoms with E-state index < -0.39 is 24.8 Å². The van der Waals surface area contributed by atoms with Gasteiger partial charge in [0.1, 0.15) is 0 Å². The molecule has 1 heterocycles. The molecule has 6 nitrogen and oxygen atoms in total. The average Bonchev–Trinajstić information content (AvgIpc) is 2.28. The van der Waals surface area contributed by atoms with Crippen LogP contribution in [-0.4, -0.2) is 38.3 Å². The zero-order chi connectivity index (χ0) is 13.3. The molecule has 0 aliphatic heterocycles. The van der Waals surface area contributed by atoms with Gasteiger partial charge in [-0.15, -0.1) is 0 Å². The molecule has 0 saturated heterocycles. The summed E-state index contributed by atoms with van der Waals surface area (Å²) in [4.78, 5) is 7.39. The smallest absolute Gasteiger partial charge is 0.224 e. The van der Waals surface area contributed by atoms with Crippen LogP contribution in [0.3, 0.4) is 0 Å². The molecule has 0 amide bonds. The molecule has 0 N–H and O–H groups in total. The molecule has 1 rings (SSSR count). The van der Waals surface area contributed by atoms with Gasteiger partial charge in [0.15, 0.2) is 14.9 Å². The van der Waals surface area contributed by atoms with Gasteiger partial charge in [-0.05, 0) is 13.0 Å². The fourth-order valence-corrected chi connectivity index (χ4v) is 2.80. The van der Waals surface area contributed by atoms with Gasteiger partial charge in [-0.2, -0.15) is 0 Å². The number of aromatic nitrogens is 2. The van der Waals surface area contributed by atoms with Crippen LogP contribution in [0.1, 0.15) is 19.5 Å². The van der Waals surface area contributed by atoms with E-state index in [0.29, 0.717) is 5.69 Å². The highest BCUT2D eigenvalue weighted by Gasteiger charge is 2.21. The minimum atomic E-state index is -3.60. The van der Waals surface area contributed by atoms with Crippen LogP contribution in [0.2, 0.25) is 0 Å². The quantitative estimate of drug-likeness (QED) is 0.583. The predicted octanol–water partition coefficient (Wildman–Crippen LogP) is 0.372. The van der Waals surface area contributed by atoms with E-state index in [9.17, 15) is 16.8 Å². The number of sulfone groups is 2. The van der Waals surface area contributed by atoms with Gasteiger partial charge in [0.05, 0.1) is 11.5 Å². The molecule has 1 aromatic heterocycles. The van der Waals surface area contributed by atoms with Crippen LogP contribution in [0, 0.1) is 6.92 Å². The van der Waals surface area contributed by atoms with Gasteiger partial charge in [-0.25, -0.2) is 26.8 Å². The van der Waals surface area contributed by atoms with Crippen molar-refractivity contribution < 1.29 is 16.8 Å². The third-order valence-electron chi connectivity index (χ3n) is 2.17. The second kappa shape index (κ2) is 4.69. The average molecular weight is 278 g/mol. The summed E-state index contributed by atoms with van der Waals surface area (Å²) in [5, 5.41) is -0.661. The number of aryl methyl sites for hydroxylation is 1. The van der Waals surface area contributed by atoms with Crippen molar-refractivity contribution in [3.63, 3.8) is 0 Å². The minimum absolute atomic E-state index is 0.130. The van der Waals surface area contributed by atoms with Crippen molar-refractivity contribution in [2.45, 2.75) is 31.0 Å². The van der Waals surface area contributed by atoms with Crippen molar-refractivity contribution in [2.24, 2.45) is 0 Å². The normalized spacial score (nSPS) is 12.6. The predicted molar refractivity (Wildman–Crippen MR) is 62.2 cm³/mol. The van der Waals surface area contributed by atoms with E-state index in [1.165, 1.54) is 26.8 Å². The van der Waals surface area contributed by atoms with Crippen LogP contribution in [-0.2, 0) is 19.7 Å². The molecule has 0 aromatic carbocycles. The van der Waals surface area contributed by atoms with Gasteiger partial charge < -0.3 is 0 Å². The third-order valence-corrected chi connectivity index (χ3v) is 5.27. The van der Waals surface area contributed by atoms with Crippen LogP contribution in [0.15, 0.2) is 16.2 Å². The van der Waals surface area contributed by atoms with Crippen LogP contribution in [0.4, 0.5) is 0 Å². The molecule has 0 radical (unpaired) electrons. The Morgan fingerprint density at radius 1 is 1.00 bits per heavy atom. The first-order chi connectivity index (χ1) is 7.73. The monoisotopic (exact) mass is 278 g/mol. The summed E-state index contributed by atoms with van der Waals surface area (Å²) in [5.41, 5.74) is 0.319. The first kappa shape index (κ1) is 14.0. The SMILES string of the molecule is CCS(=O)(=O)c1cc(C)nc(S(=O)(=O)CC)n1. The van der Waals surface area contributed by atoms with Crippen LogP contribution in [0.5, 0.6) is 0 Å². The number of rotatable bonds is 4. The maximum absolute atomic E-state index is 11.6. The maximum Gasteiger partial charge on any atom is 0.248 e. The van der Waals surface area contributed by atoms with Gasteiger partial charge in [0, 0.05) is 5.69 Å². The second-order valence-electron chi connectivity index (χ2n) is 3.44. The summed E-state index contributed by atoms with van der Waals surface area (Å²) in [6.45, 7) is 4.46. The number of hydrogen-bond donors (Lipinski definition) is 0. The third kappa shape index (κ3) is 3.01. The highest BCUT2D eigenvalue weighted by atomic mass is 32.2. The summed E-state index contributed by atoms with van der Waals surface area (Å²) in [6, 6.07) is 1.27. The Hall–Kier alpha value is -1.02. The Morgan fingerprint density at radius 2 is 1.53 bits per heavy atom. The van der Waals surface area contributed by atoms with Gasteiger partial charge >= 0.3 is 0 Å². The molecule has 0 spiro atoms. The molecule has 17 heavy (non-hydrogen) atoms. The van der Waals surface area contributed by atoms with Crippen molar-refractivity contribution in [1.29, 1.82) is 0 Å². The Morgan fingerprint density at radius 3 is 2.00 bits per heavy atom. The van der Waals surface area contributed by atoms with E-state index in [1.54, 1.807) is 0 Å². The lowest BCUT2D eigenvalue weighted by atomic mass is 10.5. The molecule has 0 bridgehead atoms. The van der Waals surface area contributed by atoms with Gasteiger partial charge in [0.25, 0.3) is 0 Å².